The first kappa shape index (κ1) is 25.4. The molecule has 0 fully saturated rings. The molecule has 5 aromatic rings. The lowest BCUT2D eigenvalue weighted by atomic mass is 9.99. The number of amides is 1. The van der Waals surface area contributed by atoms with Gasteiger partial charge in [-0.2, -0.15) is 0 Å². The van der Waals surface area contributed by atoms with Gasteiger partial charge in [-0.25, -0.2) is 0 Å². The van der Waals surface area contributed by atoms with Crippen LogP contribution < -0.4 is 9.64 Å². The van der Waals surface area contributed by atoms with Crippen molar-refractivity contribution < 1.29 is 9.53 Å². The zero-order valence-electron chi connectivity index (χ0n) is 21.3. The minimum Gasteiger partial charge on any atom is -0.497 e. The van der Waals surface area contributed by atoms with Crippen molar-refractivity contribution in [1.29, 1.82) is 0 Å². The third kappa shape index (κ3) is 5.99. The van der Waals surface area contributed by atoms with Crippen LogP contribution in [0.5, 0.6) is 5.75 Å². The summed E-state index contributed by atoms with van der Waals surface area (Å²) >= 11 is 1.68. The van der Waals surface area contributed by atoms with Crippen molar-refractivity contribution in [3.05, 3.63) is 150 Å². The van der Waals surface area contributed by atoms with Crippen LogP contribution in [0.4, 0.5) is 5.69 Å². The van der Waals surface area contributed by atoms with E-state index in [2.05, 4.69) is 36.4 Å². The van der Waals surface area contributed by atoms with Crippen LogP contribution in [0.2, 0.25) is 0 Å². The number of rotatable bonds is 9. The van der Waals surface area contributed by atoms with E-state index in [4.69, 9.17) is 4.74 Å². The van der Waals surface area contributed by atoms with Gasteiger partial charge in [0, 0.05) is 22.4 Å². The Balaban J connectivity index is 1.52. The fraction of sp³-hybridized carbons (Fsp3) is 0.0882. The molecule has 0 aromatic heterocycles. The molecule has 0 aliphatic rings. The number of anilines is 1. The van der Waals surface area contributed by atoms with Gasteiger partial charge in [-0.15, -0.1) is 11.8 Å². The SMILES string of the molecule is COc1cccc(N(Cc2ccccc2-c2ccccc2)C(=O)c2ccccc2SCc2ccccc2)c1. The summed E-state index contributed by atoms with van der Waals surface area (Å²) < 4.78 is 5.50. The highest BCUT2D eigenvalue weighted by atomic mass is 32.2. The van der Waals surface area contributed by atoms with Gasteiger partial charge >= 0.3 is 0 Å². The summed E-state index contributed by atoms with van der Waals surface area (Å²) in [6.07, 6.45) is 0. The molecular formula is C34H29NO2S. The van der Waals surface area contributed by atoms with Crippen molar-refractivity contribution in [3.63, 3.8) is 0 Å². The van der Waals surface area contributed by atoms with Gasteiger partial charge in [0.25, 0.3) is 5.91 Å². The van der Waals surface area contributed by atoms with Crippen LogP contribution in [0.25, 0.3) is 11.1 Å². The summed E-state index contributed by atoms with van der Waals surface area (Å²) in [5.41, 5.74) is 6.01. The molecule has 5 rings (SSSR count). The second kappa shape index (κ2) is 12.3. The molecular weight excluding hydrogens is 486 g/mol. The van der Waals surface area contributed by atoms with Crippen LogP contribution in [0.1, 0.15) is 21.5 Å². The lowest BCUT2D eigenvalue weighted by molar-refractivity contribution is 0.0982. The molecule has 188 valence electrons. The minimum absolute atomic E-state index is 0.0442. The standard InChI is InChI=1S/C34H29NO2S/c1-37-30-19-12-18-29(23-30)35(24-28-17-8-9-20-31(28)27-15-6-3-7-16-27)34(36)32-21-10-11-22-33(32)38-25-26-13-4-2-5-14-26/h2-23H,24-25H2,1H3. The Kier molecular flexibility index (Phi) is 8.22. The minimum atomic E-state index is -0.0442. The molecule has 1 amide bonds. The first-order chi connectivity index (χ1) is 18.7. The lowest BCUT2D eigenvalue weighted by Crippen LogP contribution is -2.31. The molecule has 0 radical (unpaired) electrons. The van der Waals surface area contributed by atoms with E-state index in [-0.39, 0.29) is 5.91 Å². The van der Waals surface area contributed by atoms with Gasteiger partial charge in [0.15, 0.2) is 0 Å². The molecule has 0 heterocycles. The molecule has 0 bridgehead atoms. The third-order valence-electron chi connectivity index (χ3n) is 6.40. The van der Waals surface area contributed by atoms with Gasteiger partial charge in [0.05, 0.1) is 19.2 Å². The highest BCUT2D eigenvalue weighted by Gasteiger charge is 2.23. The van der Waals surface area contributed by atoms with Crippen molar-refractivity contribution in [2.75, 3.05) is 12.0 Å². The van der Waals surface area contributed by atoms with Gasteiger partial charge in [-0.05, 0) is 46.5 Å². The smallest absolute Gasteiger partial charge is 0.259 e. The van der Waals surface area contributed by atoms with E-state index >= 15 is 0 Å². The van der Waals surface area contributed by atoms with Gasteiger partial charge in [0.2, 0.25) is 0 Å². The number of nitrogens with zero attached hydrogens (tertiary/aromatic N) is 1. The number of hydrogen-bond donors (Lipinski definition) is 0. The van der Waals surface area contributed by atoms with E-state index < -0.39 is 0 Å². The molecule has 0 saturated heterocycles. The van der Waals surface area contributed by atoms with Crippen LogP contribution in [0.3, 0.4) is 0 Å². The number of ether oxygens (including phenoxy) is 1. The van der Waals surface area contributed by atoms with E-state index in [1.807, 2.05) is 102 Å². The summed E-state index contributed by atoms with van der Waals surface area (Å²) in [5, 5.41) is 0. The first-order valence-corrected chi connectivity index (χ1v) is 13.6. The number of carbonyl (C=O) groups excluding carboxylic acids is 1. The molecule has 4 heteroatoms. The monoisotopic (exact) mass is 515 g/mol. The zero-order chi connectivity index (χ0) is 26.2. The van der Waals surface area contributed by atoms with Crippen LogP contribution >= 0.6 is 11.8 Å². The Hall–Kier alpha value is -4.28. The van der Waals surface area contributed by atoms with E-state index in [1.54, 1.807) is 18.9 Å². The number of benzene rings is 5. The molecule has 0 saturated carbocycles. The number of thioether (sulfide) groups is 1. The fourth-order valence-corrected chi connectivity index (χ4v) is 5.44. The Morgan fingerprint density at radius 1 is 0.737 bits per heavy atom. The summed E-state index contributed by atoms with van der Waals surface area (Å²) in [4.78, 5) is 17.1. The van der Waals surface area contributed by atoms with Crippen molar-refractivity contribution in [2.24, 2.45) is 0 Å². The van der Waals surface area contributed by atoms with Crippen LogP contribution in [-0.4, -0.2) is 13.0 Å². The van der Waals surface area contributed by atoms with Crippen molar-refractivity contribution in [1.82, 2.24) is 0 Å². The maximum absolute atomic E-state index is 14.3. The number of hydrogen-bond acceptors (Lipinski definition) is 3. The predicted octanol–water partition coefficient (Wildman–Crippen LogP) is 8.50. The predicted molar refractivity (Wildman–Crippen MR) is 158 cm³/mol. The first-order valence-electron chi connectivity index (χ1n) is 12.6. The van der Waals surface area contributed by atoms with Crippen LogP contribution in [0, 0.1) is 0 Å². The number of methoxy groups -OCH3 is 1. The van der Waals surface area contributed by atoms with Gasteiger partial charge in [-0.1, -0.05) is 103 Å². The molecule has 0 atom stereocenters. The molecule has 5 aromatic carbocycles. The van der Waals surface area contributed by atoms with Crippen LogP contribution in [0.15, 0.2) is 138 Å². The molecule has 0 aliphatic carbocycles. The molecule has 0 N–H and O–H groups in total. The summed E-state index contributed by atoms with van der Waals surface area (Å²) in [5.74, 6) is 1.46. The molecule has 0 aliphatic heterocycles. The molecule has 0 spiro atoms. The van der Waals surface area contributed by atoms with Crippen LogP contribution in [-0.2, 0) is 12.3 Å². The highest BCUT2D eigenvalue weighted by Crippen LogP contribution is 2.32. The van der Waals surface area contributed by atoms with E-state index in [0.717, 1.165) is 33.0 Å². The van der Waals surface area contributed by atoms with E-state index in [9.17, 15) is 4.79 Å². The highest BCUT2D eigenvalue weighted by molar-refractivity contribution is 7.98. The average Bonchev–Trinajstić information content (AvgIpc) is 3.00. The topological polar surface area (TPSA) is 29.5 Å². The van der Waals surface area contributed by atoms with E-state index in [1.165, 1.54) is 5.56 Å². The van der Waals surface area contributed by atoms with Gasteiger partial charge in [-0.3, -0.25) is 4.79 Å². The fourth-order valence-electron chi connectivity index (χ4n) is 4.44. The molecule has 0 unspecified atom stereocenters. The Labute approximate surface area is 228 Å². The maximum Gasteiger partial charge on any atom is 0.259 e. The second-order valence-corrected chi connectivity index (χ2v) is 9.90. The quantitative estimate of drug-likeness (QED) is 0.184. The molecule has 38 heavy (non-hydrogen) atoms. The van der Waals surface area contributed by atoms with E-state index in [0.29, 0.717) is 17.9 Å². The lowest BCUT2D eigenvalue weighted by Gasteiger charge is -2.26. The van der Waals surface area contributed by atoms with Gasteiger partial charge < -0.3 is 9.64 Å². The largest absolute Gasteiger partial charge is 0.497 e. The second-order valence-electron chi connectivity index (χ2n) is 8.89. The van der Waals surface area contributed by atoms with Crippen molar-refractivity contribution in [3.8, 4) is 16.9 Å². The summed E-state index contributed by atoms with van der Waals surface area (Å²) in [6, 6.07) is 44.5. The van der Waals surface area contributed by atoms with Gasteiger partial charge in [0.1, 0.15) is 5.75 Å². The van der Waals surface area contributed by atoms with Crippen molar-refractivity contribution in [2.45, 2.75) is 17.2 Å². The Morgan fingerprint density at radius 3 is 2.21 bits per heavy atom. The average molecular weight is 516 g/mol. The normalized spacial score (nSPS) is 10.7. The number of carbonyl (C=O) groups is 1. The van der Waals surface area contributed by atoms with Crippen molar-refractivity contribution >= 4 is 23.4 Å². The maximum atomic E-state index is 14.3. The Morgan fingerprint density at radius 2 is 1.42 bits per heavy atom. The third-order valence-corrected chi connectivity index (χ3v) is 7.54. The zero-order valence-corrected chi connectivity index (χ0v) is 22.1. The summed E-state index contributed by atoms with van der Waals surface area (Å²) in [6.45, 7) is 0.425. The summed E-state index contributed by atoms with van der Waals surface area (Å²) in [7, 11) is 1.64. The Bertz CT molecular complexity index is 1500. The molecule has 3 nitrogen and oxygen atoms in total.